The van der Waals surface area contributed by atoms with Crippen LogP contribution in [0.1, 0.15) is 31.9 Å². The highest BCUT2D eigenvalue weighted by Crippen LogP contribution is 2.20. The van der Waals surface area contributed by atoms with Crippen LogP contribution in [-0.4, -0.2) is 5.54 Å². The highest BCUT2D eigenvalue weighted by Gasteiger charge is 2.10. The minimum atomic E-state index is 0.104. The zero-order chi connectivity index (χ0) is 14.4. The van der Waals surface area contributed by atoms with Crippen molar-refractivity contribution in [1.82, 2.24) is 5.32 Å². The van der Waals surface area contributed by atoms with Gasteiger partial charge in [-0.15, -0.1) is 0 Å². The largest absolute Gasteiger partial charge is 0.489 e. The van der Waals surface area contributed by atoms with E-state index < -0.39 is 0 Å². The Labute approximate surface area is 121 Å². The molecule has 0 fully saturated rings. The van der Waals surface area contributed by atoms with Crippen LogP contribution in [0.15, 0.2) is 54.6 Å². The van der Waals surface area contributed by atoms with E-state index >= 15 is 0 Å². The SMILES string of the molecule is CC(C)(C)NCc1ccccc1OCc1ccccc1. The summed E-state index contributed by atoms with van der Waals surface area (Å²) < 4.78 is 5.95. The Balaban J connectivity index is 2.01. The van der Waals surface area contributed by atoms with Gasteiger partial charge in [-0.1, -0.05) is 48.5 Å². The van der Waals surface area contributed by atoms with Crippen LogP contribution in [0, 0.1) is 0 Å². The van der Waals surface area contributed by atoms with Gasteiger partial charge in [0.25, 0.3) is 0 Å². The van der Waals surface area contributed by atoms with Gasteiger partial charge in [0, 0.05) is 17.6 Å². The Morgan fingerprint density at radius 1 is 0.900 bits per heavy atom. The van der Waals surface area contributed by atoms with Gasteiger partial charge in [0.15, 0.2) is 0 Å². The topological polar surface area (TPSA) is 21.3 Å². The smallest absolute Gasteiger partial charge is 0.124 e. The van der Waals surface area contributed by atoms with E-state index in [1.165, 1.54) is 11.1 Å². The fourth-order valence-electron chi connectivity index (χ4n) is 1.89. The first-order valence-corrected chi connectivity index (χ1v) is 7.04. The molecule has 2 aromatic carbocycles. The van der Waals surface area contributed by atoms with Crippen LogP contribution in [-0.2, 0) is 13.2 Å². The molecule has 0 saturated carbocycles. The maximum absolute atomic E-state index is 5.95. The van der Waals surface area contributed by atoms with Gasteiger partial charge in [0.2, 0.25) is 0 Å². The molecule has 2 aromatic rings. The third-order valence-electron chi connectivity index (χ3n) is 3.02. The van der Waals surface area contributed by atoms with Crippen LogP contribution in [0.3, 0.4) is 0 Å². The van der Waals surface area contributed by atoms with Crippen molar-refractivity contribution in [3.05, 3.63) is 65.7 Å². The van der Waals surface area contributed by atoms with E-state index in [0.29, 0.717) is 6.61 Å². The van der Waals surface area contributed by atoms with Crippen LogP contribution in [0.25, 0.3) is 0 Å². The molecule has 2 heteroatoms. The van der Waals surface area contributed by atoms with Gasteiger partial charge in [-0.3, -0.25) is 0 Å². The first kappa shape index (κ1) is 14.6. The number of nitrogens with one attached hydrogen (secondary N) is 1. The van der Waals surface area contributed by atoms with E-state index in [-0.39, 0.29) is 5.54 Å². The highest BCUT2D eigenvalue weighted by atomic mass is 16.5. The summed E-state index contributed by atoms with van der Waals surface area (Å²) >= 11 is 0. The number of hydrogen-bond acceptors (Lipinski definition) is 2. The number of benzene rings is 2. The van der Waals surface area contributed by atoms with Gasteiger partial charge >= 0.3 is 0 Å². The predicted octanol–water partition coefficient (Wildman–Crippen LogP) is 4.15. The molecular formula is C18H23NO. The predicted molar refractivity (Wildman–Crippen MR) is 83.8 cm³/mol. The third-order valence-corrected chi connectivity index (χ3v) is 3.02. The molecular weight excluding hydrogens is 246 g/mol. The molecule has 0 amide bonds. The third kappa shape index (κ3) is 4.71. The van der Waals surface area contributed by atoms with E-state index in [1.807, 2.05) is 30.3 Å². The lowest BCUT2D eigenvalue weighted by Gasteiger charge is -2.21. The molecule has 0 atom stereocenters. The number of ether oxygens (including phenoxy) is 1. The van der Waals surface area contributed by atoms with Crippen LogP contribution >= 0.6 is 0 Å². The van der Waals surface area contributed by atoms with Crippen molar-refractivity contribution in [3.8, 4) is 5.75 Å². The summed E-state index contributed by atoms with van der Waals surface area (Å²) in [7, 11) is 0. The molecule has 2 rings (SSSR count). The van der Waals surface area contributed by atoms with E-state index in [2.05, 4.69) is 50.4 Å². The Hall–Kier alpha value is -1.80. The fraction of sp³-hybridized carbons (Fsp3) is 0.333. The summed E-state index contributed by atoms with van der Waals surface area (Å²) in [5, 5.41) is 3.50. The maximum Gasteiger partial charge on any atom is 0.124 e. The second-order valence-corrected chi connectivity index (χ2v) is 5.99. The van der Waals surface area contributed by atoms with E-state index in [9.17, 15) is 0 Å². The van der Waals surface area contributed by atoms with E-state index in [1.54, 1.807) is 0 Å². The molecule has 0 aliphatic rings. The van der Waals surface area contributed by atoms with Crippen LogP contribution < -0.4 is 10.1 Å². The van der Waals surface area contributed by atoms with Crippen LogP contribution in [0.2, 0.25) is 0 Å². The summed E-state index contributed by atoms with van der Waals surface area (Å²) in [6.07, 6.45) is 0. The molecule has 106 valence electrons. The van der Waals surface area contributed by atoms with E-state index in [4.69, 9.17) is 4.74 Å². The van der Waals surface area contributed by atoms with Crippen molar-refractivity contribution >= 4 is 0 Å². The normalized spacial score (nSPS) is 11.3. The lowest BCUT2D eigenvalue weighted by atomic mass is 10.1. The molecule has 0 heterocycles. The van der Waals surface area contributed by atoms with Crippen molar-refractivity contribution in [2.45, 2.75) is 39.5 Å². The Morgan fingerprint density at radius 2 is 1.55 bits per heavy atom. The van der Waals surface area contributed by atoms with Crippen LogP contribution in [0.5, 0.6) is 5.75 Å². The minimum absolute atomic E-state index is 0.104. The average molecular weight is 269 g/mol. The van der Waals surface area contributed by atoms with Crippen molar-refractivity contribution in [2.75, 3.05) is 0 Å². The van der Waals surface area contributed by atoms with Gasteiger partial charge in [0.05, 0.1) is 0 Å². The quantitative estimate of drug-likeness (QED) is 0.880. The Morgan fingerprint density at radius 3 is 2.25 bits per heavy atom. The lowest BCUT2D eigenvalue weighted by molar-refractivity contribution is 0.300. The van der Waals surface area contributed by atoms with Crippen molar-refractivity contribution in [3.63, 3.8) is 0 Å². The molecule has 2 nitrogen and oxygen atoms in total. The Kier molecular flexibility index (Phi) is 4.80. The zero-order valence-corrected chi connectivity index (χ0v) is 12.5. The fourth-order valence-corrected chi connectivity index (χ4v) is 1.89. The summed E-state index contributed by atoms with van der Waals surface area (Å²) in [5.74, 6) is 0.952. The summed E-state index contributed by atoms with van der Waals surface area (Å²) in [6, 6.07) is 18.5. The molecule has 0 aliphatic heterocycles. The molecule has 1 N–H and O–H groups in total. The Bertz CT molecular complexity index is 529. The van der Waals surface area contributed by atoms with Gasteiger partial charge in [-0.2, -0.15) is 0 Å². The van der Waals surface area contributed by atoms with Crippen molar-refractivity contribution in [2.24, 2.45) is 0 Å². The van der Waals surface area contributed by atoms with Crippen molar-refractivity contribution in [1.29, 1.82) is 0 Å². The van der Waals surface area contributed by atoms with Gasteiger partial charge in [-0.25, -0.2) is 0 Å². The second-order valence-electron chi connectivity index (χ2n) is 5.99. The standard InChI is InChI=1S/C18H23NO/c1-18(2,3)19-13-16-11-7-8-12-17(16)20-14-15-9-5-4-6-10-15/h4-12,19H,13-14H2,1-3H3. The molecule has 0 radical (unpaired) electrons. The molecule has 0 spiro atoms. The number of para-hydroxylation sites is 1. The molecule has 0 aromatic heterocycles. The van der Waals surface area contributed by atoms with Crippen LogP contribution in [0.4, 0.5) is 0 Å². The summed E-state index contributed by atoms with van der Waals surface area (Å²) in [4.78, 5) is 0. The highest BCUT2D eigenvalue weighted by molar-refractivity contribution is 5.33. The minimum Gasteiger partial charge on any atom is -0.489 e. The van der Waals surface area contributed by atoms with Gasteiger partial charge in [0.1, 0.15) is 12.4 Å². The summed E-state index contributed by atoms with van der Waals surface area (Å²) in [6.45, 7) is 7.92. The van der Waals surface area contributed by atoms with Gasteiger partial charge < -0.3 is 10.1 Å². The average Bonchev–Trinajstić information content (AvgIpc) is 2.44. The lowest BCUT2D eigenvalue weighted by Crippen LogP contribution is -2.35. The number of rotatable bonds is 5. The first-order chi connectivity index (χ1) is 9.54. The first-order valence-electron chi connectivity index (χ1n) is 7.04. The monoisotopic (exact) mass is 269 g/mol. The summed E-state index contributed by atoms with van der Waals surface area (Å²) in [5.41, 5.74) is 2.48. The maximum atomic E-state index is 5.95. The van der Waals surface area contributed by atoms with Gasteiger partial charge in [-0.05, 0) is 32.4 Å². The second kappa shape index (κ2) is 6.58. The van der Waals surface area contributed by atoms with E-state index in [0.717, 1.165) is 12.3 Å². The molecule has 0 saturated heterocycles. The molecule has 0 bridgehead atoms. The molecule has 0 aliphatic carbocycles. The molecule has 20 heavy (non-hydrogen) atoms. The number of hydrogen-bond donors (Lipinski definition) is 1. The van der Waals surface area contributed by atoms with Crippen molar-refractivity contribution < 1.29 is 4.74 Å². The zero-order valence-electron chi connectivity index (χ0n) is 12.5. The molecule has 0 unspecified atom stereocenters.